The molecule has 1 heterocycles. The molecule has 0 aliphatic carbocycles. The van der Waals surface area contributed by atoms with E-state index in [0.717, 1.165) is 8.95 Å². The SMILES string of the molecule is C[n+]1ccc2c(Br)ccc(Br)c2c1. The van der Waals surface area contributed by atoms with Crippen molar-refractivity contribution in [1.29, 1.82) is 0 Å². The van der Waals surface area contributed by atoms with Gasteiger partial charge in [0.1, 0.15) is 7.05 Å². The Balaban J connectivity index is 2.92. The smallest absolute Gasteiger partial charge is 0.177 e. The summed E-state index contributed by atoms with van der Waals surface area (Å²) in [5.41, 5.74) is 0. The van der Waals surface area contributed by atoms with Gasteiger partial charge in [-0.25, -0.2) is 4.57 Å². The summed E-state index contributed by atoms with van der Waals surface area (Å²) in [5, 5.41) is 2.45. The lowest BCUT2D eigenvalue weighted by atomic mass is 10.2. The third kappa shape index (κ3) is 1.63. The molecule has 0 fully saturated rings. The topological polar surface area (TPSA) is 3.88 Å². The zero-order valence-corrected chi connectivity index (χ0v) is 10.3. The van der Waals surface area contributed by atoms with E-state index in [0.29, 0.717) is 0 Å². The fourth-order valence-electron chi connectivity index (χ4n) is 1.32. The van der Waals surface area contributed by atoms with Crippen LogP contribution >= 0.6 is 31.9 Å². The van der Waals surface area contributed by atoms with E-state index in [2.05, 4.69) is 44.1 Å². The van der Waals surface area contributed by atoms with E-state index in [1.165, 1.54) is 10.8 Å². The molecule has 2 aromatic rings. The van der Waals surface area contributed by atoms with Crippen molar-refractivity contribution in [3.8, 4) is 0 Å². The predicted octanol–water partition coefficient (Wildman–Crippen LogP) is 3.19. The second-order valence-corrected chi connectivity index (χ2v) is 4.68. The summed E-state index contributed by atoms with van der Waals surface area (Å²) in [6.45, 7) is 0. The molecule has 0 aliphatic heterocycles. The Morgan fingerprint density at radius 1 is 1.00 bits per heavy atom. The minimum Gasteiger partial charge on any atom is -0.207 e. The van der Waals surface area contributed by atoms with Crippen LogP contribution in [0.4, 0.5) is 0 Å². The number of aryl methyl sites for hydroxylation is 1. The van der Waals surface area contributed by atoms with Crippen molar-refractivity contribution < 1.29 is 4.57 Å². The van der Waals surface area contributed by atoms with Crippen LogP contribution in [0.3, 0.4) is 0 Å². The van der Waals surface area contributed by atoms with Gasteiger partial charge in [-0.1, -0.05) is 15.9 Å². The van der Waals surface area contributed by atoms with Crippen LogP contribution in [-0.2, 0) is 7.05 Å². The first kappa shape index (κ1) is 9.16. The summed E-state index contributed by atoms with van der Waals surface area (Å²) in [7, 11) is 2.02. The lowest BCUT2D eigenvalue weighted by Crippen LogP contribution is -2.25. The molecule has 2 rings (SSSR count). The van der Waals surface area contributed by atoms with Crippen LogP contribution in [0.2, 0.25) is 0 Å². The molecular weight excluding hydrogens is 294 g/mol. The molecule has 0 aliphatic rings. The van der Waals surface area contributed by atoms with Crippen LogP contribution in [-0.4, -0.2) is 0 Å². The molecule has 0 bridgehead atoms. The normalized spacial score (nSPS) is 10.7. The number of benzene rings is 1. The van der Waals surface area contributed by atoms with Gasteiger partial charge in [-0.15, -0.1) is 0 Å². The second-order valence-electron chi connectivity index (χ2n) is 2.97. The van der Waals surface area contributed by atoms with Gasteiger partial charge in [-0.2, -0.15) is 0 Å². The highest BCUT2D eigenvalue weighted by Crippen LogP contribution is 2.28. The lowest BCUT2D eigenvalue weighted by Gasteiger charge is -2.00. The fourth-order valence-corrected chi connectivity index (χ4v) is 2.25. The maximum Gasteiger partial charge on any atom is 0.177 e. The summed E-state index contributed by atoms with van der Waals surface area (Å²) in [5.74, 6) is 0. The Bertz CT molecular complexity index is 466. The van der Waals surface area contributed by atoms with E-state index >= 15 is 0 Å². The Kier molecular flexibility index (Phi) is 2.39. The van der Waals surface area contributed by atoms with Crippen LogP contribution in [0.25, 0.3) is 10.8 Å². The molecule has 0 N–H and O–H groups in total. The molecule has 3 heteroatoms. The third-order valence-corrected chi connectivity index (χ3v) is 3.37. The van der Waals surface area contributed by atoms with Crippen molar-refractivity contribution in [2.45, 2.75) is 0 Å². The standard InChI is InChI=1S/C10H8Br2N/c1-13-5-4-7-8(6-13)10(12)3-2-9(7)11/h2-6H,1H3/q+1. The van der Waals surface area contributed by atoms with Crippen molar-refractivity contribution >= 4 is 42.6 Å². The first-order valence-corrected chi connectivity index (χ1v) is 5.50. The van der Waals surface area contributed by atoms with Crippen LogP contribution in [0.5, 0.6) is 0 Å². The molecule has 1 aromatic carbocycles. The number of rotatable bonds is 0. The quantitative estimate of drug-likeness (QED) is 0.658. The Morgan fingerprint density at radius 3 is 2.31 bits per heavy atom. The van der Waals surface area contributed by atoms with E-state index in [1.54, 1.807) is 0 Å². The molecule has 0 saturated carbocycles. The number of hydrogen-bond acceptors (Lipinski definition) is 0. The molecule has 0 radical (unpaired) electrons. The maximum atomic E-state index is 3.53. The maximum absolute atomic E-state index is 3.53. The fraction of sp³-hybridized carbons (Fsp3) is 0.100. The number of nitrogens with zero attached hydrogens (tertiary/aromatic N) is 1. The van der Waals surface area contributed by atoms with Crippen molar-refractivity contribution in [2.24, 2.45) is 7.05 Å². The Labute approximate surface area is 93.6 Å². The van der Waals surface area contributed by atoms with E-state index < -0.39 is 0 Å². The summed E-state index contributed by atoms with van der Waals surface area (Å²) in [6, 6.07) is 6.20. The molecular formula is C10H8Br2N+. The lowest BCUT2D eigenvalue weighted by molar-refractivity contribution is -0.670. The first-order valence-electron chi connectivity index (χ1n) is 3.91. The molecule has 0 saturated heterocycles. The number of hydrogen-bond donors (Lipinski definition) is 0. The molecule has 0 spiro atoms. The number of fused-ring (bicyclic) bond motifs is 1. The van der Waals surface area contributed by atoms with Gasteiger partial charge in [-0.05, 0) is 28.1 Å². The first-order chi connectivity index (χ1) is 6.18. The highest BCUT2D eigenvalue weighted by Gasteiger charge is 2.05. The monoisotopic (exact) mass is 300 g/mol. The number of aromatic nitrogens is 1. The molecule has 66 valence electrons. The Hall–Kier alpha value is -0.410. The molecule has 0 atom stereocenters. The molecule has 1 aromatic heterocycles. The van der Waals surface area contributed by atoms with Gasteiger partial charge in [0, 0.05) is 20.4 Å². The summed E-state index contributed by atoms with van der Waals surface area (Å²) < 4.78 is 4.30. The molecule has 0 unspecified atom stereocenters. The zero-order chi connectivity index (χ0) is 9.42. The average molecular weight is 302 g/mol. The Morgan fingerprint density at radius 2 is 1.62 bits per heavy atom. The summed E-state index contributed by atoms with van der Waals surface area (Å²) in [6.07, 6.45) is 4.14. The van der Waals surface area contributed by atoms with E-state index in [-0.39, 0.29) is 0 Å². The third-order valence-electron chi connectivity index (χ3n) is 1.99. The molecule has 0 amide bonds. The van der Waals surface area contributed by atoms with Gasteiger partial charge in [0.25, 0.3) is 0 Å². The van der Waals surface area contributed by atoms with E-state index in [9.17, 15) is 0 Å². The minimum absolute atomic E-state index is 1.13. The van der Waals surface area contributed by atoms with Gasteiger partial charge in [0.2, 0.25) is 0 Å². The van der Waals surface area contributed by atoms with Crippen LogP contribution in [0.1, 0.15) is 0 Å². The summed E-state index contributed by atoms with van der Waals surface area (Å²) in [4.78, 5) is 0. The van der Waals surface area contributed by atoms with Crippen LogP contribution in [0.15, 0.2) is 39.5 Å². The van der Waals surface area contributed by atoms with Gasteiger partial charge in [-0.3, -0.25) is 0 Å². The predicted molar refractivity (Wildman–Crippen MR) is 60.5 cm³/mol. The van der Waals surface area contributed by atoms with Gasteiger partial charge in [0.15, 0.2) is 12.4 Å². The van der Waals surface area contributed by atoms with Gasteiger partial charge >= 0.3 is 0 Å². The molecule has 1 nitrogen and oxygen atoms in total. The second kappa shape index (κ2) is 3.39. The van der Waals surface area contributed by atoms with Crippen LogP contribution in [0, 0.1) is 0 Å². The highest BCUT2D eigenvalue weighted by atomic mass is 79.9. The average Bonchev–Trinajstić information content (AvgIpc) is 2.12. The highest BCUT2D eigenvalue weighted by molar-refractivity contribution is 9.11. The van der Waals surface area contributed by atoms with Gasteiger partial charge < -0.3 is 0 Å². The van der Waals surface area contributed by atoms with Crippen molar-refractivity contribution in [1.82, 2.24) is 0 Å². The van der Waals surface area contributed by atoms with Gasteiger partial charge in [0.05, 0.1) is 5.39 Å². The number of pyridine rings is 1. The molecule has 13 heavy (non-hydrogen) atoms. The largest absolute Gasteiger partial charge is 0.207 e. The van der Waals surface area contributed by atoms with E-state index in [4.69, 9.17) is 0 Å². The van der Waals surface area contributed by atoms with Crippen molar-refractivity contribution in [3.05, 3.63) is 39.5 Å². The zero-order valence-electron chi connectivity index (χ0n) is 7.09. The van der Waals surface area contributed by atoms with Crippen molar-refractivity contribution in [2.75, 3.05) is 0 Å². The summed E-state index contributed by atoms with van der Waals surface area (Å²) >= 11 is 7.06. The van der Waals surface area contributed by atoms with E-state index in [1.807, 2.05) is 29.9 Å². The van der Waals surface area contributed by atoms with Crippen molar-refractivity contribution in [3.63, 3.8) is 0 Å². The number of halogens is 2. The van der Waals surface area contributed by atoms with Crippen LogP contribution < -0.4 is 4.57 Å². The minimum atomic E-state index is 1.13.